The van der Waals surface area contributed by atoms with Crippen molar-refractivity contribution in [2.24, 2.45) is 5.10 Å². The Bertz CT molecular complexity index is 928. The van der Waals surface area contributed by atoms with Gasteiger partial charge in [0, 0.05) is 17.5 Å². The number of carbonyl (C=O) groups is 2. The van der Waals surface area contributed by atoms with Crippen molar-refractivity contribution in [2.75, 3.05) is 19.5 Å². The van der Waals surface area contributed by atoms with Gasteiger partial charge in [-0.1, -0.05) is 17.7 Å². The molecule has 0 radical (unpaired) electrons. The molecule has 2 aromatic rings. The molecular formula is C22H27N3O4. The van der Waals surface area contributed by atoms with Gasteiger partial charge in [0.15, 0.2) is 0 Å². The molecule has 0 bridgehead atoms. The van der Waals surface area contributed by atoms with Crippen LogP contribution in [-0.4, -0.2) is 31.7 Å². The van der Waals surface area contributed by atoms with E-state index in [1.165, 1.54) is 14.2 Å². The summed E-state index contributed by atoms with van der Waals surface area (Å²) in [5.74, 6) is 0.321. The zero-order valence-corrected chi connectivity index (χ0v) is 17.7. The van der Waals surface area contributed by atoms with Crippen LogP contribution in [-0.2, 0) is 4.79 Å². The lowest BCUT2D eigenvalue weighted by molar-refractivity contribution is -0.115. The summed E-state index contributed by atoms with van der Waals surface area (Å²) in [6, 6.07) is 8.91. The molecule has 7 heteroatoms. The average molecular weight is 397 g/mol. The molecule has 2 aromatic carbocycles. The van der Waals surface area contributed by atoms with E-state index in [4.69, 9.17) is 9.47 Å². The number of hydrazone groups is 1. The van der Waals surface area contributed by atoms with Crippen LogP contribution in [0.5, 0.6) is 11.5 Å². The van der Waals surface area contributed by atoms with Crippen LogP contribution in [0.25, 0.3) is 0 Å². The maximum Gasteiger partial charge on any atom is 0.275 e. The average Bonchev–Trinajstić information content (AvgIpc) is 2.68. The summed E-state index contributed by atoms with van der Waals surface area (Å²) >= 11 is 0. The largest absolute Gasteiger partial charge is 0.497 e. The molecule has 2 rings (SSSR count). The smallest absolute Gasteiger partial charge is 0.275 e. The van der Waals surface area contributed by atoms with Crippen molar-refractivity contribution in [3.63, 3.8) is 0 Å². The number of rotatable bonds is 7. The Kier molecular flexibility index (Phi) is 7.36. The van der Waals surface area contributed by atoms with Gasteiger partial charge in [0.25, 0.3) is 5.91 Å². The molecule has 7 nitrogen and oxygen atoms in total. The van der Waals surface area contributed by atoms with Gasteiger partial charge in [0.2, 0.25) is 5.91 Å². The zero-order valence-electron chi connectivity index (χ0n) is 17.7. The molecule has 154 valence electrons. The molecule has 0 saturated heterocycles. The molecule has 0 heterocycles. The van der Waals surface area contributed by atoms with Gasteiger partial charge in [-0.05, 0) is 51.0 Å². The van der Waals surface area contributed by atoms with Gasteiger partial charge in [0.1, 0.15) is 11.5 Å². The third kappa shape index (κ3) is 5.81. The first-order valence-corrected chi connectivity index (χ1v) is 9.18. The molecule has 0 atom stereocenters. The fourth-order valence-corrected chi connectivity index (χ4v) is 3.03. The number of aryl methyl sites for hydroxylation is 3. The van der Waals surface area contributed by atoms with Crippen molar-refractivity contribution in [3.05, 3.63) is 52.6 Å². The number of nitrogens with zero attached hydrogens (tertiary/aromatic N) is 1. The highest BCUT2D eigenvalue weighted by Crippen LogP contribution is 2.24. The monoisotopic (exact) mass is 397 g/mol. The number of anilines is 1. The van der Waals surface area contributed by atoms with E-state index < -0.39 is 5.91 Å². The van der Waals surface area contributed by atoms with Gasteiger partial charge in [-0.25, -0.2) is 5.43 Å². The molecule has 0 unspecified atom stereocenters. The van der Waals surface area contributed by atoms with Gasteiger partial charge in [-0.2, -0.15) is 5.10 Å². The molecule has 0 aliphatic rings. The minimum atomic E-state index is -0.436. The number of nitrogens with one attached hydrogen (secondary N) is 2. The van der Waals surface area contributed by atoms with Crippen molar-refractivity contribution >= 4 is 23.2 Å². The van der Waals surface area contributed by atoms with Crippen molar-refractivity contribution in [2.45, 2.75) is 34.1 Å². The first kappa shape index (κ1) is 21.9. The van der Waals surface area contributed by atoms with E-state index in [2.05, 4.69) is 15.8 Å². The third-order valence-electron chi connectivity index (χ3n) is 4.36. The lowest BCUT2D eigenvalue weighted by Gasteiger charge is -2.13. The summed E-state index contributed by atoms with van der Waals surface area (Å²) in [4.78, 5) is 24.7. The van der Waals surface area contributed by atoms with Crippen LogP contribution < -0.4 is 20.2 Å². The minimum absolute atomic E-state index is 0.0623. The second kappa shape index (κ2) is 9.73. The van der Waals surface area contributed by atoms with E-state index in [9.17, 15) is 9.59 Å². The molecule has 0 spiro atoms. The van der Waals surface area contributed by atoms with Crippen LogP contribution in [0.3, 0.4) is 0 Å². The summed E-state index contributed by atoms with van der Waals surface area (Å²) in [5, 5.41) is 6.95. The third-order valence-corrected chi connectivity index (χ3v) is 4.36. The van der Waals surface area contributed by atoms with E-state index in [-0.39, 0.29) is 12.3 Å². The Morgan fingerprint density at radius 1 is 1.00 bits per heavy atom. The number of benzene rings is 2. The Balaban J connectivity index is 2.01. The number of hydrogen-bond acceptors (Lipinski definition) is 5. The summed E-state index contributed by atoms with van der Waals surface area (Å²) < 4.78 is 10.3. The number of methoxy groups -OCH3 is 2. The molecule has 2 amide bonds. The van der Waals surface area contributed by atoms with Crippen LogP contribution in [0.2, 0.25) is 0 Å². The van der Waals surface area contributed by atoms with Gasteiger partial charge in [-0.15, -0.1) is 0 Å². The molecule has 0 saturated carbocycles. The number of amides is 2. The quantitative estimate of drug-likeness (QED) is 0.550. The van der Waals surface area contributed by atoms with Crippen LogP contribution in [0.4, 0.5) is 5.69 Å². The first-order valence-electron chi connectivity index (χ1n) is 9.18. The Labute approximate surface area is 171 Å². The van der Waals surface area contributed by atoms with E-state index >= 15 is 0 Å². The van der Waals surface area contributed by atoms with E-state index in [0.29, 0.717) is 22.8 Å². The second-order valence-electron chi connectivity index (χ2n) is 6.85. The predicted octanol–water partition coefficient (Wildman–Crippen LogP) is 3.76. The Morgan fingerprint density at radius 3 is 2.24 bits per heavy atom. The molecule has 0 aromatic heterocycles. The molecule has 0 aliphatic heterocycles. The zero-order chi connectivity index (χ0) is 21.6. The lowest BCUT2D eigenvalue weighted by atomic mass is 10.0. The van der Waals surface area contributed by atoms with Crippen LogP contribution >= 0.6 is 0 Å². The van der Waals surface area contributed by atoms with Crippen molar-refractivity contribution in [1.29, 1.82) is 0 Å². The van der Waals surface area contributed by atoms with Crippen molar-refractivity contribution < 1.29 is 19.1 Å². The number of carbonyl (C=O) groups excluding carboxylic acids is 2. The maximum absolute atomic E-state index is 12.4. The summed E-state index contributed by atoms with van der Waals surface area (Å²) in [6.45, 7) is 7.61. The second-order valence-corrected chi connectivity index (χ2v) is 6.85. The number of hydrogen-bond donors (Lipinski definition) is 2. The Morgan fingerprint density at radius 2 is 1.66 bits per heavy atom. The minimum Gasteiger partial charge on any atom is -0.497 e. The predicted molar refractivity (Wildman–Crippen MR) is 114 cm³/mol. The molecule has 0 aliphatic carbocycles. The highest BCUT2D eigenvalue weighted by atomic mass is 16.5. The number of ether oxygens (including phenoxy) is 2. The van der Waals surface area contributed by atoms with Gasteiger partial charge >= 0.3 is 0 Å². The van der Waals surface area contributed by atoms with Gasteiger partial charge in [0.05, 0.1) is 26.2 Å². The molecule has 2 N–H and O–H groups in total. The molecule has 0 fully saturated rings. The summed E-state index contributed by atoms with van der Waals surface area (Å²) in [6.07, 6.45) is 0.0623. The SMILES string of the molecule is COc1ccc(C(=O)N/N=C(\C)CC(=O)Nc2c(C)cc(C)cc2C)c(OC)c1. The fourth-order valence-electron chi connectivity index (χ4n) is 3.03. The Hall–Kier alpha value is -3.35. The first-order chi connectivity index (χ1) is 13.7. The standard InChI is InChI=1S/C22H27N3O4/c1-13-9-14(2)21(15(3)10-13)23-20(26)11-16(4)24-25-22(27)18-8-7-17(28-5)12-19(18)29-6/h7-10,12H,11H2,1-6H3,(H,23,26)(H,25,27)/b24-16+. The van der Waals surface area contributed by atoms with E-state index in [0.717, 1.165) is 22.4 Å². The van der Waals surface area contributed by atoms with Crippen molar-refractivity contribution in [1.82, 2.24) is 5.43 Å². The lowest BCUT2D eigenvalue weighted by Crippen LogP contribution is -2.22. The van der Waals surface area contributed by atoms with Crippen molar-refractivity contribution in [3.8, 4) is 11.5 Å². The maximum atomic E-state index is 12.4. The van der Waals surface area contributed by atoms with Crippen LogP contribution in [0.15, 0.2) is 35.4 Å². The highest BCUT2D eigenvalue weighted by Gasteiger charge is 2.14. The summed E-state index contributed by atoms with van der Waals surface area (Å²) in [7, 11) is 3.01. The topological polar surface area (TPSA) is 89.0 Å². The van der Waals surface area contributed by atoms with Gasteiger partial charge < -0.3 is 14.8 Å². The molecule has 29 heavy (non-hydrogen) atoms. The van der Waals surface area contributed by atoms with Crippen LogP contribution in [0.1, 0.15) is 40.4 Å². The van der Waals surface area contributed by atoms with Crippen LogP contribution in [0, 0.1) is 20.8 Å². The normalized spacial score (nSPS) is 11.0. The van der Waals surface area contributed by atoms with Gasteiger partial charge in [-0.3, -0.25) is 9.59 Å². The van der Waals surface area contributed by atoms with E-state index in [1.807, 2.05) is 32.9 Å². The fraction of sp³-hybridized carbons (Fsp3) is 0.318. The van der Waals surface area contributed by atoms with E-state index in [1.54, 1.807) is 25.1 Å². The molecular weight excluding hydrogens is 370 g/mol. The summed E-state index contributed by atoms with van der Waals surface area (Å²) in [5.41, 5.74) is 7.22. The highest BCUT2D eigenvalue weighted by molar-refractivity contribution is 6.06.